The number of ether oxygens (including phenoxy) is 1. The van der Waals surface area contributed by atoms with E-state index < -0.39 is 0 Å². The van der Waals surface area contributed by atoms with Gasteiger partial charge in [-0.15, -0.1) is 11.3 Å². The minimum atomic E-state index is 0.0682. The fraction of sp³-hybridized carbons (Fsp3) is 0.571. The van der Waals surface area contributed by atoms with Gasteiger partial charge in [0.1, 0.15) is 4.83 Å². The molecule has 1 aliphatic carbocycles. The molecule has 0 saturated carbocycles. The zero-order valence-electron chi connectivity index (χ0n) is 11.1. The van der Waals surface area contributed by atoms with Crippen molar-refractivity contribution in [2.45, 2.75) is 44.8 Å². The van der Waals surface area contributed by atoms with E-state index in [9.17, 15) is 4.79 Å². The number of nitrogens with zero attached hydrogens (tertiary/aromatic N) is 1. The highest BCUT2D eigenvalue weighted by atomic mass is 32.1. The highest BCUT2D eigenvalue weighted by Gasteiger charge is 2.23. The van der Waals surface area contributed by atoms with Crippen LogP contribution in [-0.2, 0) is 24.1 Å². The molecule has 20 heavy (non-hydrogen) atoms. The fourth-order valence-electron chi connectivity index (χ4n) is 3.27. The molecule has 0 bridgehead atoms. The van der Waals surface area contributed by atoms with E-state index in [1.165, 1.54) is 10.4 Å². The van der Waals surface area contributed by atoms with Crippen LogP contribution < -0.4 is 5.56 Å². The van der Waals surface area contributed by atoms with Crippen molar-refractivity contribution in [3.63, 3.8) is 0 Å². The summed E-state index contributed by atoms with van der Waals surface area (Å²) < 4.78 is 7.86. The van der Waals surface area contributed by atoms with Gasteiger partial charge in [0.15, 0.2) is 4.77 Å². The highest BCUT2D eigenvalue weighted by molar-refractivity contribution is 7.71. The lowest BCUT2D eigenvalue weighted by atomic mass is 10.2. The predicted octanol–water partition coefficient (Wildman–Crippen LogP) is 2.79. The Balaban J connectivity index is 1.88. The van der Waals surface area contributed by atoms with E-state index in [4.69, 9.17) is 17.0 Å². The van der Waals surface area contributed by atoms with Crippen LogP contribution in [0.5, 0.6) is 0 Å². The van der Waals surface area contributed by atoms with Crippen molar-refractivity contribution >= 4 is 33.8 Å². The Morgan fingerprint density at radius 3 is 3.10 bits per heavy atom. The fourth-order valence-corrected chi connectivity index (χ4v) is 4.87. The Hall–Kier alpha value is -0.980. The molecule has 4 rings (SSSR count). The van der Waals surface area contributed by atoms with Crippen molar-refractivity contribution in [2.24, 2.45) is 0 Å². The van der Waals surface area contributed by atoms with Gasteiger partial charge in [-0.05, 0) is 49.9 Å². The Bertz CT molecular complexity index is 781. The third-order valence-electron chi connectivity index (χ3n) is 4.26. The van der Waals surface area contributed by atoms with Crippen molar-refractivity contribution in [3.05, 3.63) is 25.6 Å². The average molecular weight is 308 g/mol. The van der Waals surface area contributed by atoms with Crippen LogP contribution in [0.1, 0.15) is 29.7 Å². The molecule has 1 fully saturated rings. The first-order valence-corrected chi connectivity index (χ1v) is 8.35. The van der Waals surface area contributed by atoms with Crippen LogP contribution in [0, 0.1) is 4.77 Å². The van der Waals surface area contributed by atoms with Crippen LogP contribution >= 0.6 is 23.6 Å². The van der Waals surface area contributed by atoms with Gasteiger partial charge >= 0.3 is 0 Å². The van der Waals surface area contributed by atoms with E-state index in [2.05, 4.69) is 4.98 Å². The van der Waals surface area contributed by atoms with E-state index >= 15 is 0 Å². The molecule has 1 unspecified atom stereocenters. The highest BCUT2D eigenvalue weighted by Crippen LogP contribution is 2.34. The number of hydrogen-bond donors (Lipinski definition) is 1. The number of H-pyrrole nitrogens is 1. The largest absolute Gasteiger partial charge is 0.376 e. The molecule has 2 aliphatic rings. The summed E-state index contributed by atoms with van der Waals surface area (Å²) in [4.78, 5) is 18.3. The summed E-state index contributed by atoms with van der Waals surface area (Å²) in [5.74, 6) is 0. The van der Waals surface area contributed by atoms with Crippen molar-refractivity contribution < 1.29 is 4.74 Å². The second kappa shape index (κ2) is 4.79. The van der Waals surface area contributed by atoms with Gasteiger partial charge in [0.25, 0.3) is 5.56 Å². The smallest absolute Gasteiger partial charge is 0.263 e. The van der Waals surface area contributed by atoms with Gasteiger partial charge in [-0.1, -0.05) is 0 Å². The standard InChI is InChI=1S/C14H16N2O2S2/c17-13-11-9-4-1-5-10(9)20-12(11)15-14(19)16(13)7-8-3-2-6-18-8/h8H,1-7H2,(H,15,19). The van der Waals surface area contributed by atoms with Crippen molar-refractivity contribution in [1.82, 2.24) is 9.55 Å². The number of fused-ring (bicyclic) bond motifs is 3. The van der Waals surface area contributed by atoms with Crippen LogP contribution in [-0.4, -0.2) is 22.3 Å². The maximum atomic E-state index is 12.8. The van der Waals surface area contributed by atoms with Crippen LogP contribution in [0.2, 0.25) is 0 Å². The molecule has 0 spiro atoms. The minimum Gasteiger partial charge on any atom is -0.376 e. The third kappa shape index (κ3) is 1.89. The molecule has 2 aromatic rings. The number of aryl methyl sites for hydroxylation is 2. The summed E-state index contributed by atoms with van der Waals surface area (Å²) in [7, 11) is 0. The van der Waals surface area contributed by atoms with Crippen LogP contribution in [0.15, 0.2) is 4.79 Å². The molecule has 3 heterocycles. The monoisotopic (exact) mass is 308 g/mol. The van der Waals surface area contributed by atoms with E-state index in [1.807, 2.05) is 0 Å². The summed E-state index contributed by atoms with van der Waals surface area (Å²) in [5.41, 5.74) is 1.32. The Morgan fingerprint density at radius 1 is 1.40 bits per heavy atom. The van der Waals surface area contributed by atoms with Gasteiger partial charge in [-0.3, -0.25) is 9.36 Å². The van der Waals surface area contributed by atoms with Crippen LogP contribution in [0.3, 0.4) is 0 Å². The summed E-state index contributed by atoms with van der Waals surface area (Å²) in [5, 5.41) is 0.870. The predicted molar refractivity (Wildman–Crippen MR) is 82.3 cm³/mol. The molecular weight excluding hydrogens is 292 g/mol. The molecule has 1 aliphatic heterocycles. The summed E-state index contributed by atoms with van der Waals surface area (Å²) >= 11 is 7.07. The summed E-state index contributed by atoms with van der Waals surface area (Å²) in [6.07, 6.45) is 5.51. The second-order valence-corrected chi connectivity index (χ2v) is 7.03. The Kier molecular flexibility index (Phi) is 3.05. The van der Waals surface area contributed by atoms with Crippen LogP contribution in [0.25, 0.3) is 10.2 Å². The van der Waals surface area contributed by atoms with Gasteiger partial charge in [-0.2, -0.15) is 0 Å². The van der Waals surface area contributed by atoms with Gasteiger partial charge in [-0.25, -0.2) is 0 Å². The number of aromatic amines is 1. The maximum Gasteiger partial charge on any atom is 0.263 e. The number of rotatable bonds is 2. The number of hydrogen-bond acceptors (Lipinski definition) is 4. The van der Waals surface area contributed by atoms with E-state index in [0.29, 0.717) is 11.3 Å². The van der Waals surface area contributed by atoms with Crippen molar-refractivity contribution in [1.29, 1.82) is 0 Å². The summed E-state index contributed by atoms with van der Waals surface area (Å²) in [6, 6.07) is 0. The number of aromatic nitrogens is 2. The molecule has 1 atom stereocenters. The van der Waals surface area contributed by atoms with E-state index in [1.54, 1.807) is 15.9 Å². The van der Waals surface area contributed by atoms with E-state index in [-0.39, 0.29) is 11.7 Å². The number of thiophene rings is 1. The molecule has 4 nitrogen and oxygen atoms in total. The first-order chi connectivity index (χ1) is 9.74. The lowest BCUT2D eigenvalue weighted by molar-refractivity contribution is 0.0957. The Labute approximate surface area is 125 Å². The number of nitrogens with one attached hydrogen (secondary N) is 1. The first-order valence-electron chi connectivity index (χ1n) is 7.13. The maximum absolute atomic E-state index is 12.8. The zero-order chi connectivity index (χ0) is 13.7. The first kappa shape index (κ1) is 12.7. The molecule has 1 saturated heterocycles. The molecule has 1 N–H and O–H groups in total. The molecule has 0 radical (unpaired) electrons. The second-order valence-electron chi connectivity index (χ2n) is 5.54. The average Bonchev–Trinajstić information content (AvgIpc) is 3.09. The molecular formula is C14H16N2O2S2. The molecule has 106 valence electrons. The third-order valence-corrected chi connectivity index (χ3v) is 5.79. The minimum absolute atomic E-state index is 0.0682. The molecule has 2 aromatic heterocycles. The van der Waals surface area contributed by atoms with Crippen molar-refractivity contribution in [3.8, 4) is 0 Å². The lowest BCUT2D eigenvalue weighted by Gasteiger charge is -2.12. The van der Waals surface area contributed by atoms with Gasteiger partial charge in [0.05, 0.1) is 18.0 Å². The molecule has 0 aromatic carbocycles. The quantitative estimate of drug-likeness (QED) is 0.868. The molecule has 0 amide bonds. The van der Waals surface area contributed by atoms with Gasteiger partial charge in [0.2, 0.25) is 0 Å². The van der Waals surface area contributed by atoms with E-state index in [0.717, 1.165) is 48.9 Å². The summed E-state index contributed by atoms with van der Waals surface area (Å²) in [6.45, 7) is 1.38. The van der Waals surface area contributed by atoms with Crippen molar-refractivity contribution in [2.75, 3.05) is 6.61 Å². The van der Waals surface area contributed by atoms with Gasteiger partial charge < -0.3 is 9.72 Å². The topological polar surface area (TPSA) is 47.0 Å². The SMILES string of the molecule is O=c1c2c3c(sc2[nH]c(=S)n1CC1CCCO1)CCC3. The zero-order valence-corrected chi connectivity index (χ0v) is 12.7. The lowest BCUT2D eigenvalue weighted by Crippen LogP contribution is -2.28. The molecule has 6 heteroatoms. The van der Waals surface area contributed by atoms with Gasteiger partial charge in [0, 0.05) is 11.5 Å². The normalized spacial score (nSPS) is 21.7. The Morgan fingerprint density at radius 2 is 2.30 bits per heavy atom. The van der Waals surface area contributed by atoms with Crippen LogP contribution in [0.4, 0.5) is 0 Å².